The highest BCUT2D eigenvalue weighted by molar-refractivity contribution is 5.93. The fraction of sp³-hybridized carbons (Fsp3) is 0.400. The lowest BCUT2D eigenvalue weighted by atomic mass is 10.2. The number of hydrogen-bond acceptors (Lipinski definition) is 3. The summed E-state index contributed by atoms with van der Waals surface area (Å²) in [7, 11) is 1.79. The molecule has 0 saturated carbocycles. The Morgan fingerprint density at radius 1 is 1.50 bits per heavy atom. The molecule has 0 unspecified atom stereocenters. The van der Waals surface area contributed by atoms with Crippen molar-refractivity contribution in [1.82, 2.24) is 9.47 Å². The van der Waals surface area contributed by atoms with Crippen LogP contribution in [-0.4, -0.2) is 22.4 Å². The molecule has 0 aliphatic rings. The molecular weight excluding hydrogens is 254 g/mol. The topological polar surface area (TPSA) is 64.4 Å². The van der Waals surface area contributed by atoms with Gasteiger partial charge in [-0.05, 0) is 25.5 Å². The van der Waals surface area contributed by atoms with Crippen LogP contribution >= 0.6 is 0 Å². The first kappa shape index (κ1) is 14.2. The molecule has 5 heteroatoms. The molecule has 0 aliphatic carbocycles. The molecule has 2 aromatic heterocycles. The number of carbonyl (C=O) groups is 1. The van der Waals surface area contributed by atoms with Gasteiger partial charge < -0.3 is 19.6 Å². The molecule has 0 radical (unpaired) electrons. The largest absolute Gasteiger partial charge is 0.469 e. The Kier molecular flexibility index (Phi) is 4.17. The summed E-state index contributed by atoms with van der Waals surface area (Å²) in [6, 6.07) is 3.62. The summed E-state index contributed by atoms with van der Waals surface area (Å²) in [5, 5.41) is 0. The summed E-state index contributed by atoms with van der Waals surface area (Å²) in [6.45, 7) is 5.28. The maximum absolute atomic E-state index is 12.5. The van der Waals surface area contributed by atoms with Crippen LogP contribution in [0.25, 0.3) is 0 Å². The van der Waals surface area contributed by atoms with Gasteiger partial charge in [-0.25, -0.2) is 0 Å². The highest BCUT2D eigenvalue weighted by Crippen LogP contribution is 2.16. The quantitative estimate of drug-likeness (QED) is 0.912. The summed E-state index contributed by atoms with van der Waals surface area (Å²) in [5.41, 5.74) is 8.07. The highest BCUT2D eigenvalue weighted by atomic mass is 16.3. The van der Waals surface area contributed by atoms with Gasteiger partial charge in [-0.2, -0.15) is 0 Å². The Labute approximate surface area is 119 Å². The summed E-state index contributed by atoms with van der Waals surface area (Å²) in [4.78, 5) is 14.2. The minimum Gasteiger partial charge on any atom is -0.469 e. The molecule has 2 aromatic rings. The van der Waals surface area contributed by atoms with Gasteiger partial charge in [-0.3, -0.25) is 4.79 Å². The standard InChI is InChI=1S/C15H21N3O2/c1-4-6-18-10-13(16)8-14(18)15(19)17(3)9-12-5-7-20-11(12)2/h5,7-8,10H,4,6,9,16H2,1-3H3. The normalized spacial score (nSPS) is 10.8. The van der Waals surface area contributed by atoms with E-state index in [1.165, 1.54) is 0 Å². The number of anilines is 1. The monoisotopic (exact) mass is 275 g/mol. The smallest absolute Gasteiger partial charge is 0.270 e. The summed E-state index contributed by atoms with van der Waals surface area (Å²) < 4.78 is 7.17. The van der Waals surface area contributed by atoms with Gasteiger partial charge in [0.2, 0.25) is 0 Å². The second kappa shape index (κ2) is 5.86. The zero-order chi connectivity index (χ0) is 14.7. The maximum Gasteiger partial charge on any atom is 0.270 e. The Morgan fingerprint density at radius 2 is 2.25 bits per heavy atom. The second-order valence-electron chi connectivity index (χ2n) is 5.02. The van der Waals surface area contributed by atoms with Crippen LogP contribution in [-0.2, 0) is 13.1 Å². The third-order valence-electron chi connectivity index (χ3n) is 3.32. The molecule has 2 heterocycles. The molecule has 0 fully saturated rings. The number of nitrogens with two attached hydrogens (primary N) is 1. The van der Waals surface area contributed by atoms with Crippen molar-refractivity contribution in [2.45, 2.75) is 33.4 Å². The molecule has 2 rings (SSSR count). The molecule has 0 bridgehead atoms. The van der Waals surface area contributed by atoms with E-state index in [4.69, 9.17) is 10.2 Å². The fourth-order valence-electron chi connectivity index (χ4n) is 2.24. The van der Waals surface area contributed by atoms with Gasteiger partial charge in [-0.1, -0.05) is 6.92 Å². The predicted octanol–water partition coefficient (Wildman–Crippen LogP) is 2.65. The lowest BCUT2D eigenvalue weighted by Gasteiger charge is -2.18. The molecule has 2 N–H and O–H groups in total. The number of aryl methyl sites for hydroxylation is 2. The molecule has 1 amide bonds. The van der Waals surface area contributed by atoms with Gasteiger partial charge in [0.05, 0.1) is 12.0 Å². The van der Waals surface area contributed by atoms with Gasteiger partial charge in [0.15, 0.2) is 0 Å². The van der Waals surface area contributed by atoms with Crippen molar-refractivity contribution in [3.63, 3.8) is 0 Å². The molecule has 0 spiro atoms. The number of nitrogen functional groups attached to an aromatic ring is 1. The molecular formula is C15H21N3O2. The van der Waals surface area contributed by atoms with E-state index in [1.807, 2.05) is 23.8 Å². The first-order valence-electron chi connectivity index (χ1n) is 6.77. The van der Waals surface area contributed by atoms with Crippen molar-refractivity contribution >= 4 is 11.6 Å². The van der Waals surface area contributed by atoms with Crippen LogP contribution in [0, 0.1) is 6.92 Å². The number of nitrogens with zero attached hydrogens (tertiary/aromatic N) is 2. The lowest BCUT2D eigenvalue weighted by Crippen LogP contribution is -2.28. The van der Waals surface area contributed by atoms with Crippen LogP contribution in [0.1, 0.15) is 35.2 Å². The van der Waals surface area contributed by atoms with Crippen LogP contribution in [0.4, 0.5) is 5.69 Å². The zero-order valence-corrected chi connectivity index (χ0v) is 12.2. The van der Waals surface area contributed by atoms with Crippen LogP contribution in [0.2, 0.25) is 0 Å². The van der Waals surface area contributed by atoms with Gasteiger partial charge in [0.1, 0.15) is 11.5 Å². The van der Waals surface area contributed by atoms with E-state index in [9.17, 15) is 4.79 Å². The average molecular weight is 275 g/mol. The highest BCUT2D eigenvalue weighted by Gasteiger charge is 2.18. The number of carbonyl (C=O) groups excluding carboxylic acids is 1. The van der Waals surface area contributed by atoms with E-state index in [1.54, 1.807) is 24.3 Å². The zero-order valence-electron chi connectivity index (χ0n) is 12.2. The Hall–Kier alpha value is -2.17. The summed E-state index contributed by atoms with van der Waals surface area (Å²) in [6.07, 6.45) is 4.41. The Morgan fingerprint density at radius 3 is 2.85 bits per heavy atom. The summed E-state index contributed by atoms with van der Waals surface area (Å²) >= 11 is 0. The van der Waals surface area contributed by atoms with Gasteiger partial charge in [-0.15, -0.1) is 0 Å². The first-order valence-corrected chi connectivity index (χ1v) is 6.77. The van der Waals surface area contributed by atoms with Crippen molar-refractivity contribution in [2.24, 2.45) is 0 Å². The van der Waals surface area contributed by atoms with E-state index in [-0.39, 0.29) is 5.91 Å². The van der Waals surface area contributed by atoms with Gasteiger partial charge in [0.25, 0.3) is 5.91 Å². The molecule has 0 aromatic carbocycles. The molecule has 20 heavy (non-hydrogen) atoms. The molecule has 0 aliphatic heterocycles. The number of furan rings is 1. The van der Waals surface area contributed by atoms with E-state index < -0.39 is 0 Å². The van der Waals surface area contributed by atoms with Crippen molar-refractivity contribution < 1.29 is 9.21 Å². The average Bonchev–Trinajstić information content (AvgIpc) is 2.96. The van der Waals surface area contributed by atoms with Crippen LogP contribution < -0.4 is 5.73 Å². The van der Waals surface area contributed by atoms with E-state index in [2.05, 4.69) is 6.92 Å². The van der Waals surface area contributed by atoms with Crippen molar-refractivity contribution in [3.05, 3.63) is 41.6 Å². The summed E-state index contributed by atoms with van der Waals surface area (Å²) in [5.74, 6) is 0.809. The maximum atomic E-state index is 12.5. The van der Waals surface area contributed by atoms with Crippen molar-refractivity contribution in [2.75, 3.05) is 12.8 Å². The van der Waals surface area contributed by atoms with Crippen LogP contribution in [0.3, 0.4) is 0 Å². The molecule has 0 saturated heterocycles. The van der Waals surface area contributed by atoms with Gasteiger partial charge in [0, 0.05) is 31.9 Å². The third kappa shape index (κ3) is 2.87. The van der Waals surface area contributed by atoms with E-state index in [0.717, 1.165) is 24.3 Å². The minimum absolute atomic E-state index is 0.0317. The number of aromatic nitrogens is 1. The third-order valence-corrected chi connectivity index (χ3v) is 3.32. The van der Waals surface area contributed by atoms with E-state index >= 15 is 0 Å². The molecule has 5 nitrogen and oxygen atoms in total. The van der Waals surface area contributed by atoms with Crippen LogP contribution in [0.15, 0.2) is 29.0 Å². The Bertz CT molecular complexity index is 598. The second-order valence-corrected chi connectivity index (χ2v) is 5.02. The number of rotatable bonds is 5. The van der Waals surface area contributed by atoms with Crippen LogP contribution in [0.5, 0.6) is 0 Å². The van der Waals surface area contributed by atoms with E-state index in [0.29, 0.717) is 17.9 Å². The van der Waals surface area contributed by atoms with Crippen molar-refractivity contribution in [3.8, 4) is 0 Å². The SMILES string of the molecule is CCCn1cc(N)cc1C(=O)N(C)Cc1ccoc1C. The fourth-order valence-corrected chi connectivity index (χ4v) is 2.24. The number of amides is 1. The predicted molar refractivity (Wildman–Crippen MR) is 78.4 cm³/mol. The van der Waals surface area contributed by atoms with Crippen molar-refractivity contribution in [1.29, 1.82) is 0 Å². The first-order chi connectivity index (χ1) is 9.52. The van der Waals surface area contributed by atoms with Gasteiger partial charge >= 0.3 is 0 Å². The number of hydrogen-bond donors (Lipinski definition) is 1. The lowest BCUT2D eigenvalue weighted by molar-refractivity contribution is 0.0774. The molecule has 0 atom stereocenters. The minimum atomic E-state index is -0.0317. The Balaban J connectivity index is 2.16. The molecule has 108 valence electrons.